The SMILES string of the molecule is O=C(O)C[C@H]1CC[C@H](c2ccc(NC(=O)c3nnc(Nc4cc(Cl)ccc4F)o3)cc2)CC1. The molecule has 0 spiro atoms. The van der Waals surface area contributed by atoms with Crippen molar-refractivity contribution in [1.29, 1.82) is 0 Å². The van der Waals surface area contributed by atoms with E-state index < -0.39 is 17.7 Å². The van der Waals surface area contributed by atoms with Gasteiger partial charge in [-0.05, 0) is 73.4 Å². The molecule has 0 aliphatic heterocycles. The number of anilines is 3. The molecule has 1 fully saturated rings. The monoisotopic (exact) mass is 472 g/mol. The zero-order chi connectivity index (χ0) is 23.4. The quantitative estimate of drug-likeness (QED) is 0.409. The number of aliphatic carboxylic acids is 1. The molecule has 3 aromatic rings. The largest absolute Gasteiger partial charge is 0.481 e. The van der Waals surface area contributed by atoms with Crippen LogP contribution in [0.3, 0.4) is 0 Å². The number of carboxylic acid groups (broad SMARTS) is 1. The highest BCUT2D eigenvalue weighted by atomic mass is 35.5. The topological polar surface area (TPSA) is 117 Å². The second-order valence-electron chi connectivity index (χ2n) is 8.05. The first-order chi connectivity index (χ1) is 15.9. The van der Waals surface area contributed by atoms with Gasteiger partial charge in [0.05, 0.1) is 5.69 Å². The van der Waals surface area contributed by atoms with Crippen LogP contribution in [0.5, 0.6) is 0 Å². The highest BCUT2D eigenvalue weighted by molar-refractivity contribution is 6.30. The van der Waals surface area contributed by atoms with Crippen LogP contribution in [0.4, 0.5) is 21.8 Å². The molecule has 4 rings (SSSR count). The summed E-state index contributed by atoms with van der Waals surface area (Å²) in [7, 11) is 0. The van der Waals surface area contributed by atoms with Gasteiger partial charge in [0, 0.05) is 17.1 Å². The van der Waals surface area contributed by atoms with Gasteiger partial charge in [-0.1, -0.05) is 28.8 Å². The van der Waals surface area contributed by atoms with E-state index in [2.05, 4.69) is 20.8 Å². The van der Waals surface area contributed by atoms with E-state index in [-0.39, 0.29) is 29.9 Å². The average Bonchev–Trinajstić information content (AvgIpc) is 3.26. The Hall–Kier alpha value is -3.46. The first-order valence-electron chi connectivity index (χ1n) is 10.6. The third-order valence-corrected chi connectivity index (χ3v) is 5.97. The van der Waals surface area contributed by atoms with Gasteiger partial charge < -0.3 is 20.2 Å². The van der Waals surface area contributed by atoms with Gasteiger partial charge >= 0.3 is 23.8 Å². The number of hydrogen-bond acceptors (Lipinski definition) is 6. The van der Waals surface area contributed by atoms with Crippen LogP contribution in [0.2, 0.25) is 5.02 Å². The molecule has 1 aromatic heterocycles. The summed E-state index contributed by atoms with van der Waals surface area (Å²) >= 11 is 5.86. The summed E-state index contributed by atoms with van der Waals surface area (Å²) in [5, 5.41) is 22.0. The fourth-order valence-corrected chi connectivity index (χ4v) is 4.22. The lowest BCUT2D eigenvalue weighted by Crippen LogP contribution is -2.16. The number of rotatable bonds is 7. The molecule has 8 nitrogen and oxygen atoms in total. The molecule has 2 aromatic carbocycles. The van der Waals surface area contributed by atoms with E-state index in [0.29, 0.717) is 16.6 Å². The lowest BCUT2D eigenvalue weighted by Gasteiger charge is -2.28. The lowest BCUT2D eigenvalue weighted by molar-refractivity contribution is -0.138. The van der Waals surface area contributed by atoms with E-state index in [9.17, 15) is 14.0 Å². The summed E-state index contributed by atoms with van der Waals surface area (Å²) in [5.74, 6) is -1.53. The van der Waals surface area contributed by atoms with Crippen LogP contribution in [0.25, 0.3) is 0 Å². The van der Waals surface area contributed by atoms with E-state index in [4.69, 9.17) is 21.1 Å². The lowest BCUT2D eigenvalue weighted by atomic mass is 9.77. The van der Waals surface area contributed by atoms with Crippen molar-refractivity contribution in [3.63, 3.8) is 0 Å². The maximum atomic E-state index is 13.8. The third kappa shape index (κ3) is 5.87. The van der Waals surface area contributed by atoms with Crippen molar-refractivity contribution in [3.8, 4) is 0 Å². The molecule has 1 aliphatic rings. The summed E-state index contributed by atoms with van der Waals surface area (Å²) in [6.45, 7) is 0. The number of hydrogen-bond donors (Lipinski definition) is 3. The fourth-order valence-electron chi connectivity index (χ4n) is 4.04. The number of halogens is 2. The standard InChI is InChI=1S/C23H22ClFN4O4/c24-16-7-10-18(25)19(12-16)27-23-29-28-22(33-23)21(32)26-17-8-5-15(6-9-17)14-3-1-13(2-4-14)11-20(30)31/h5-10,12-14H,1-4,11H2,(H,26,32)(H,27,29)(H,30,31)/t13-,14-. The zero-order valence-electron chi connectivity index (χ0n) is 17.6. The van der Waals surface area contributed by atoms with Crippen molar-refractivity contribution in [2.24, 2.45) is 5.92 Å². The number of aromatic nitrogens is 2. The first-order valence-corrected chi connectivity index (χ1v) is 10.9. The molecule has 10 heteroatoms. The average molecular weight is 473 g/mol. The molecular weight excluding hydrogens is 451 g/mol. The van der Waals surface area contributed by atoms with E-state index in [1.54, 1.807) is 12.1 Å². The summed E-state index contributed by atoms with van der Waals surface area (Å²) in [5.41, 5.74) is 1.78. The minimum Gasteiger partial charge on any atom is -0.481 e. The molecule has 33 heavy (non-hydrogen) atoms. The number of carbonyl (C=O) groups is 2. The number of carboxylic acids is 1. The molecule has 1 heterocycles. The molecule has 0 unspecified atom stereocenters. The molecule has 3 N–H and O–H groups in total. The van der Waals surface area contributed by atoms with Gasteiger partial charge in [0.1, 0.15) is 5.82 Å². The molecule has 1 amide bonds. The van der Waals surface area contributed by atoms with Crippen molar-refractivity contribution >= 4 is 40.9 Å². The Kier molecular flexibility index (Phi) is 6.88. The van der Waals surface area contributed by atoms with Crippen LogP contribution in [0, 0.1) is 11.7 Å². The van der Waals surface area contributed by atoms with E-state index in [1.807, 2.05) is 12.1 Å². The van der Waals surface area contributed by atoms with Gasteiger partial charge in [0.25, 0.3) is 0 Å². The van der Waals surface area contributed by atoms with Crippen LogP contribution >= 0.6 is 11.6 Å². The Morgan fingerprint density at radius 2 is 1.82 bits per heavy atom. The summed E-state index contributed by atoms with van der Waals surface area (Å²) < 4.78 is 19.1. The van der Waals surface area contributed by atoms with E-state index in [0.717, 1.165) is 31.2 Å². The van der Waals surface area contributed by atoms with Crippen LogP contribution in [-0.4, -0.2) is 27.2 Å². The first kappa shape index (κ1) is 22.7. The number of carbonyl (C=O) groups excluding carboxylic acids is 1. The van der Waals surface area contributed by atoms with Crippen molar-refractivity contribution in [2.45, 2.75) is 38.0 Å². The highest BCUT2D eigenvalue weighted by Gasteiger charge is 2.24. The van der Waals surface area contributed by atoms with Crippen LogP contribution in [0.15, 0.2) is 46.9 Å². The third-order valence-electron chi connectivity index (χ3n) is 5.74. The van der Waals surface area contributed by atoms with Gasteiger partial charge in [0.15, 0.2) is 0 Å². The molecule has 0 bridgehead atoms. The Labute approximate surface area is 194 Å². The van der Waals surface area contributed by atoms with Crippen LogP contribution in [-0.2, 0) is 4.79 Å². The summed E-state index contributed by atoms with van der Waals surface area (Å²) in [4.78, 5) is 23.3. The van der Waals surface area contributed by atoms with E-state index >= 15 is 0 Å². The predicted octanol–water partition coefficient (Wildman–Crippen LogP) is 5.61. The molecule has 0 saturated heterocycles. The van der Waals surface area contributed by atoms with Gasteiger partial charge in [-0.2, -0.15) is 0 Å². The second-order valence-corrected chi connectivity index (χ2v) is 8.49. The molecule has 0 radical (unpaired) electrons. The Balaban J connectivity index is 1.33. The Morgan fingerprint density at radius 1 is 1.09 bits per heavy atom. The molecule has 1 aliphatic carbocycles. The van der Waals surface area contributed by atoms with Crippen molar-refractivity contribution in [2.75, 3.05) is 10.6 Å². The van der Waals surface area contributed by atoms with Crippen LogP contribution < -0.4 is 10.6 Å². The minimum atomic E-state index is -0.737. The van der Waals surface area contributed by atoms with Gasteiger partial charge in [-0.3, -0.25) is 9.59 Å². The number of benzene rings is 2. The van der Waals surface area contributed by atoms with E-state index in [1.165, 1.54) is 18.2 Å². The highest BCUT2D eigenvalue weighted by Crippen LogP contribution is 2.37. The van der Waals surface area contributed by atoms with Crippen LogP contribution in [0.1, 0.15) is 54.3 Å². The molecule has 1 saturated carbocycles. The smallest absolute Gasteiger partial charge is 0.320 e. The molecule has 0 atom stereocenters. The summed E-state index contributed by atoms with van der Waals surface area (Å²) in [6, 6.07) is 11.3. The van der Waals surface area contributed by atoms with Gasteiger partial charge in [-0.15, -0.1) is 5.10 Å². The molecular formula is C23H22ClFN4O4. The zero-order valence-corrected chi connectivity index (χ0v) is 18.3. The normalized spacial score (nSPS) is 18.0. The summed E-state index contributed by atoms with van der Waals surface area (Å²) in [6.07, 6.45) is 3.95. The van der Waals surface area contributed by atoms with Crippen molar-refractivity contribution < 1.29 is 23.5 Å². The Morgan fingerprint density at radius 3 is 2.52 bits per heavy atom. The van der Waals surface area contributed by atoms with Crippen molar-refractivity contribution in [3.05, 3.63) is 64.8 Å². The molecule has 172 valence electrons. The number of nitrogens with zero attached hydrogens (tertiary/aromatic N) is 2. The second kappa shape index (κ2) is 9.99. The maximum absolute atomic E-state index is 13.8. The number of nitrogens with one attached hydrogen (secondary N) is 2. The van der Waals surface area contributed by atoms with Gasteiger partial charge in [0.2, 0.25) is 0 Å². The van der Waals surface area contributed by atoms with Gasteiger partial charge in [-0.25, -0.2) is 4.39 Å². The predicted molar refractivity (Wildman–Crippen MR) is 120 cm³/mol. The maximum Gasteiger partial charge on any atom is 0.320 e. The van der Waals surface area contributed by atoms with Crippen molar-refractivity contribution in [1.82, 2.24) is 10.2 Å². The number of amides is 1. The Bertz CT molecular complexity index is 1140. The fraction of sp³-hybridized carbons (Fsp3) is 0.304. The minimum absolute atomic E-state index is 0.0469.